The predicted molar refractivity (Wildman–Crippen MR) is 44.6 cm³/mol. The average molecular weight is 185 g/mol. The highest BCUT2D eigenvalue weighted by Crippen LogP contribution is 2.20. The van der Waals surface area contributed by atoms with Gasteiger partial charge in [0.1, 0.15) is 0 Å². The zero-order valence-electron chi connectivity index (χ0n) is 7.15. The summed E-state index contributed by atoms with van der Waals surface area (Å²) in [6.45, 7) is 0.334. The number of phenols is 1. The van der Waals surface area contributed by atoms with Gasteiger partial charge in [-0.3, -0.25) is 0 Å². The van der Waals surface area contributed by atoms with Crippen molar-refractivity contribution < 1.29 is 20.3 Å². The SMILES string of the molecule is COCc1ccc(O)c([NH+]([O-])O)c1. The van der Waals surface area contributed by atoms with Gasteiger partial charge in [0.2, 0.25) is 5.69 Å². The number of hydrogen-bond acceptors (Lipinski definition) is 4. The van der Waals surface area contributed by atoms with Crippen LogP contribution in [0.15, 0.2) is 18.2 Å². The van der Waals surface area contributed by atoms with Crippen LogP contribution >= 0.6 is 0 Å². The van der Waals surface area contributed by atoms with Crippen LogP contribution in [0.25, 0.3) is 0 Å². The zero-order valence-corrected chi connectivity index (χ0v) is 7.15. The topological polar surface area (TPSA) is 77.2 Å². The highest BCUT2D eigenvalue weighted by atomic mass is 16.8. The Balaban J connectivity index is 2.97. The molecule has 3 N–H and O–H groups in total. The lowest BCUT2D eigenvalue weighted by Gasteiger charge is -2.13. The largest absolute Gasteiger partial charge is 0.595 e. The second-order valence-electron chi connectivity index (χ2n) is 2.59. The molecule has 72 valence electrons. The van der Waals surface area contributed by atoms with E-state index in [9.17, 15) is 5.21 Å². The molecule has 0 bridgehead atoms. The summed E-state index contributed by atoms with van der Waals surface area (Å²) >= 11 is 0. The summed E-state index contributed by atoms with van der Waals surface area (Å²) in [4.78, 5) is 0. The Morgan fingerprint density at radius 1 is 1.54 bits per heavy atom. The number of hydrogen-bond donors (Lipinski definition) is 3. The van der Waals surface area contributed by atoms with E-state index in [0.717, 1.165) is 5.56 Å². The fourth-order valence-corrected chi connectivity index (χ4v) is 1.01. The molecule has 0 fully saturated rings. The van der Waals surface area contributed by atoms with Crippen molar-refractivity contribution in [3.63, 3.8) is 0 Å². The molecule has 1 aromatic rings. The molecule has 13 heavy (non-hydrogen) atoms. The van der Waals surface area contributed by atoms with Crippen LogP contribution in [0.2, 0.25) is 0 Å². The van der Waals surface area contributed by atoms with Gasteiger partial charge < -0.3 is 15.1 Å². The van der Waals surface area contributed by atoms with E-state index in [4.69, 9.17) is 15.1 Å². The van der Waals surface area contributed by atoms with Crippen LogP contribution in [0, 0.1) is 5.21 Å². The minimum absolute atomic E-state index is 0.102. The van der Waals surface area contributed by atoms with Crippen LogP contribution in [-0.4, -0.2) is 17.4 Å². The van der Waals surface area contributed by atoms with Crippen molar-refractivity contribution in [1.29, 1.82) is 0 Å². The van der Waals surface area contributed by atoms with Crippen molar-refractivity contribution in [2.45, 2.75) is 6.61 Å². The van der Waals surface area contributed by atoms with E-state index in [1.165, 1.54) is 19.2 Å². The predicted octanol–water partition coefficient (Wildman–Crippen LogP) is -0.0580. The molecule has 1 unspecified atom stereocenters. The van der Waals surface area contributed by atoms with E-state index >= 15 is 0 Å². The Hall–Kier alpha value is -1.14. The van der Waals surface area contributed by atoms with Crippen LogP contribution in [0.1, 0.15) is 5.56 Å². The first-order chi connectivity index (χ1) is 6.15. The molecule has 0 saturated heterocycles. The molecule has 5 nitrogen and oxygen atoms in total. The second kappa shape index (κ2) is 4.20. The van der Waals surface area contributed by atoms with Gasteiger partial charge in [-0.1, -0.05) is 6.07 Å². The molecule has 0 spiro atoms. The molecule has 0 saturated carbocycles. The molecule has 0 aliphatic heterocycles. The monoisotopic (exact) mass is 185 g/mol. The van der Waals surface area contributed by atoms with Crippen LogP contribution in [0.3, 0.4) is 0 Å². The van der Waals surface area contributed by atoms with E-state index in [0.29, 0.717) is 6.61 Å². The Kier molecular flexibility index (Phi) is 3.21. The summed E-state index contributed by atoms with van der Waals surface area (Å²) < 4.78 is 4.83. The lowest BCUT2D eigenvalue weighted by molar-refractivity contribution is -0.991. The minimum Gasteiger partial charge on any atom is -0.595 e. The summed E-state index contributed by atoms with van der Waals surface area (Å²) in [6, 6.07) is 4.35. The maximum atomic E-state index is 10.6. The third kappa shape index (κ3) is 2.40. The summed E-state index contributed by atoms with van der Waals surface area (Å²) in [5, 5.41) is 27.2. The summed E-state index contributed by atoms with van der Waals surface area (Å²) in [7, 11) is 1.52. The molecule has 0 aliphatic rings. The number of nitrogens with one attached hydrogen (secondary N) is 1. The van der Waals surface area contributed by atoms with Crippen molar-refractivity contribution in [3.8, 4) is 5.75 Å². The van der Waals surface area contributed by atoms with Gasteiger partial charge in [-0.15, -0.1) is 0 Å². The molecule has 0 radical (unpaired) electrons. The third-order valence-corrected chi connectivity index (χ3v) is 1.60. The van der Waals surface area contributed by atoms with Crippen molar-refractivity contribution in [2.75, 3.05) is 7.11 Å². The highest BCUT2D eigenvalue weighted by molar-refractivity contribution is 5.46. The van der Waals surface area contributed by atoms with Gasteiger partial charge in [0.05, 0.1) is 6.61 Å². The van der Waals surface area contributed by atoms with E-state index in [1.807, 2.05) is 0 Å². The number of ether oxygens (including phenoxy) is 1. The van der Waals surface area contributed by atoms with Crippen molar-refractivity contribution in [3.05, 3.63) is 29.0 Å². The first-order valence-electron chi connectivity index (χ1n) is 3.69. The maximum absolute atomic E-state index is 10.6. The van der Waals surface area contributed by atoms with Gasteiger partial charge in [-0.2, -0.15) is 5.23 Å². The number of quaternary nitrogens is 1. The Bertz CT molecular complexity index is 287. The molecule has 1 atom stereocenters. The number of rotatable bonds is 3. The lowest BCUT2D eigenvalue weighted by atomic mass is 10.2. The van der Waals surface area contributed by atoms with E-state index < -0.39 is 5.23 Å². The molecule has 1 aromatic carbocycles. The number of methoxy groups -OCH3 is 1. The van der Waals surface area contributed by atoms with E-state index in [2.05, 4.69) is 0 Å². The molecular formula is C8H11NO4. The zero-order chi connectivity index (χ0) is 9.84. The van der Waals surface area contributed by atoms with Crippen molar-refractivity contribution in [2.24, 2.45) is 0 Å². The molecule has 1 rings (SSSR count). The molecule has 0 aliphatic carbocycles. The normalized spacial score (nSPS) is 12.8. The molecular weight excluding hydrogens is 174 g/mol. The van der Waals surface area contributed by atoms with Gasteiger partial charge in [-0.25, -0.2) is 5.21 Å². The highest BCUT2D eigenvalue weighted by Gasteiger charge is 2.08. The van der Waals surface area contributed by atoms with Crippen LogP contribution in [0.4, 0.5) is 5.69 Å². The van der Waals surface area contributed by atoms with Crippen LogP contribution in [-0.2, 0) is 11.3 Å². The van der Waals surface area contributed by atoms with E-state index in [1.54, 1.807) is 6.07 Å². The number of aromatic hydroxyl groups is 1. The molecule has 5 heteroatoms. The summed E-state index contributed by atoms with van der Waals surface area (Å²) in [5.41, 5.74) is 0.618. The minimum atomic E-state index is -1.14. The van der Waals surface area contributed by atoms with E-state index in [-0.39, 0.29) is 11.4 Å². The first kappa shape index (κ1) is 9.94. The molecule has 0 amide bonds. The van der Waals surface area contributed by atoms with Gasteiger partial charge >= 0.3 is 0 Å². The first-order valence-corrected chi connectivity index (χ1v) is 3.69. The molecule has 0 aromatic heterocycles. The Morgan fingerprint density at radius 3 is 2.77 bits per heavy atom. The summed E-state index contributed by atoms with van der Waals surface area (Å²) in [5.74, 6) is -0.229. The van der Waals surface area contributed by atoms with Crippen molar-refractivity contribution in [1.82, 2.24) is 0 Å². The number of benzene rings is 1. The smallest absolute Gasteiger partial charge is 0.206 e. The van der Waals surface area contributed by atoms with Crippen molar-refractivity contribution >= 4 is 5.69 Å². The van der Waals surface area contributed by atoms with Crippen LogP contribution < -0.4 is 5.23 Å². The quantitative estimate of drug-likeness (QED) is 0.455. The lowest BCUT2D eigenvalue weighted by Crippen LogP contribution is -2.99. The Morgan fingerprint density at radius 2 is 2.23 bits per heavy atom. The van der Waals surface area contributed by atoms with Gasteiger partial charge in [0.25, 0.3) is 0 Å². The fourth-order valence-electron chi connectivity index (χ4n) is 1.01. The fraction of sp³-hybridized carbons (Fsp3) is 0.250. The second-order valence-corrected chi connectivity index (χ2v) is 2.59. The standard InChI is InChI=1S/C8H11NO4/c1-13-5-6-2-3-8(10)7(4-6)9(11)12/h2-4,9-11H,5H2,1H3. The maximum Gasteiger partial charge on any atom is 0.206 e. The third-order valence-electron chi connectivity index (χ3n) is 1.60. The molecule has 0 heterocycles. The number of phenolic OH excluding ortho intramolecular Hbond substituents is 1. The van der Waals surface area contributed by atoms with Gasteiger partial charge in [0.15, 0.2) is 5.75 Å². The Labute approximate surface area is 75.3 Å². The summed E-state index contributed by atoms with van der Waals surface area (Å²) in [6.07, 6.45) is 0. The van der Waals surface area contributed by atoms with Crippen LogP contribution in [0.5, 0.6) is 5.75 Å². The van der Waals surface area contributed by atoms with Gasteiger partial charge in [-0.05, 0) is 11.6 Å². The average Bonchev–Trinajstić information content (AvgIpc) is 2.08. The van der Waals surface area contributed by atoms with Gasteiger partial charge in [0, 0.05) is 13.2 Å².